The van der Waals surface area contributed by atoms with E-state index in [-0.39, 0.29) is 23.9 Å². The Morgan fingerprint density at radius 1 is 1.13 bits per heavy atom. The number of amides is 4. The lowest BCUT2D eigenvalue weighted by atomic mass is 9.83. The average molecular weight is 429 g/mol. The Morgan fingerprint density at radius 2 is 1.87 bits per heavy atom. The first-order valence-corrected chi connectivity index (χ1v) is 11.4. The van der Waals surface area contributed by atoms with Crippen molar-refractivity contribution in [1.29, 1.82) is 0 Å². The molecule has 3 fully saturated rings. The number of urea groups is 1. The number of ether oxygens (including phenoxy) is 1. The Morgan fingerprint density at radius 3 is 2.58 bits per heavy atom. The molecule has 8 heteroatoms. The smallest absolute Gasteiger partial charge is 0.319 e. The lowest BCUT2D eigenvalue weighted by Gasteiger charge is -2.44. The highest BCUT2D eigenvalue weighted by atomic mass is 16.5. The molecular formula is C23H32N4O4. The minimum atomic E-state index is -0.504. The number of hydrogen-bond acceptors (Lipinski definition) is 4. The Kier molecular flexibility index (Phi) is 6.63. The van der Waals surface area contributed by atoms with Gasteiger partial charge in [0.2, 0.25) is 11.8 Å². The van der Waals surface area contributed by atoms with Gasteiger partial charge in [0, 0.05) is 18.3 Å². The normalized spacial score (nSPS) is 26.6. The number of carbonyl (C=O) groups excluding carboxylic acids is 3. The van der Waals surface area contributed by atoms with Gasteiger partial charge in [0.1, 0.15) is 17.8 Å². The third kappa shape index (κ3) is 5.11. The van der Waals surface area contributed by atoms with Crippen LogP contribution in [0.4, 0.5) is 10.5 Å². The van der Waals surface area contributed by atoms with Crippen molar-refractivity contribution in [3.63, 3.8) is 0 Å². The summed E-state index contributed by atoms with van der Waals surface area (Å²) in [5, 5.41) is 8.71. The van der Waals surface area contributed by atoms with Gasteiger partial charge in [0.25, 0.3) is 0 Å². The Balaban J connectivity index is 1.29. The largest absolute Gasteiger partial charge is 0.497 e. The number of piperazine rings is 1. The quantitative estimate of drug-likeness (QED) is 0.671. The maximum absolute atomic E-state index is 13.0. The van der Waals surface area contributed by atoms with Crippen molar-refractivity contribution in [2.45, 2.75) is 69.5 Å². The van der Waals surface area contributed by atoms with Crippen LogP contribution < -0.4 is 20.7 Å². The van der Waals surface area contributed by atoms with E-state index >= 15 is 0 Å². The van der Waals surface area contributed by atoms with Crippen LogP contribution in [0, 0.1) is 5.92 Å². The van der Waals surface area contributed by atoms with E-state index in [1.807, 2.05) is 0 Å². The molecule has 1 aromatic carbocycles. The number of methoxy groups -OCH3 is 1. The molecule has 0 spiro atoms. The van der Waals surface area contributed by atoms with Crippen LogP contribution in [-0.2, 0) is 9.59 Å². The minimum Gasteiger partial charge on any atom is -0.497 e. The zero-order valence-corrected chi connectivity index (χ0v) is 18.1. The second-order valence-corrected chi connectivity index (χ2v) is 8.90. The van der Waals surface area contributed by atoms with E-state index in [1.54, 1.807) is 36.3 Å². The molecule has 2 saturated heterocycles. The van der Waals surface area contributed by atoms with E-state index in [9.17, 15) is 14.4 Å². The molecule has 0 unspecified atom stereocenters. The summed E-state index contributed by atoms with van der Waals surface area (Å²) in [6, 6.07) is 5.70. The van der Waals surface area contributed by atoms with Gasteiger partial charge in [-0.15, -0.1) is 0 Å². The maximum Gasteiger partial charge on any atom is 0.319 e. The first-order chi connectivity index (χ1) is 15.0. The van der Waals surface area contributed by atoms with Crippen LogP contribution in [0.1, 0.15) is 51.4 Å². The van der Waals surface area contributed by atoms with E-state index in [1.165, 1.54) is 19.3 Å². The Bertz CT molecular complexity index is 806. The molecule has 2 aliphatic heterocycles. The Hall–Kier alpha value is -2.77. The van der Waals surface area contributed by atoms with Crippen molar-refractivity contribution in [1.82, 2.24) is 15.5 Å². The monoisotopic (exact) mass is 428 g/mol. The van der Waals surface area contributed by atoms with E-state index in [2.05, 4.69) is 16.0 Å². The lowest BCUT2D eigenvalue weighted by molar-refractivity contribution is -0.152. The maximum atomic E-state index is 13.0. The fraction of sp³-hybridized carbons (Fsp3) is 0.609. The van der Waals surface area contributed by atoms with Crippen molar-refractivity contribution in [2.75, 3.05) is 19.0 Å². The summed E-state index contributed by atoms with van der Waals surface area (Å²) in [7, 11) is 1.59. The van der Waals surface area contributed by atoms with Crippen molar-refractivity contribution >= 4 is 23.5 Å². The van der Waals surface area contributed by atoms with Gasteiger partial charge in [-0.1, -0.05) is 32.1 Å². The number of fused-ring (bicyclic) bond motifs is 1. The number of nitrogens with zero attached hydrogens (tertiary/aromatic N) is 1. The summed E-state index contributed by atoms with van der Waals surface area (Å²) in [5.74, 6) is 1.19. The highest BCUT2D eigenvalue weighted by Gasteiger charge is 2.44. The number of piperidine rings is 1. The van der Waals surface area contributed by atoms with Gasteiger partial charge >= 0.3 is 6.03 Å². The van der Waals surface area contributed by atoms with Crippen LogP contribution in [0.15, 0.2) is 24.3 Å². The third-order valence-electron chi connectivity index (χ3n) is 6.78. The molecule has 8 nitrogen and oxygen atoms in total. The molecule has 4 amide bonds. The van der Waals surface area contributed by atoms with Crippen molar-refractivity contribution in [2.24, 2.45) is 5.92 Å². The molecule has 0 aromatic heterocycles. The van der Waals surface area contributed by atoms with Gasteiger partial charge < -0.3 is 25.6 Å². The fourth-order valence-electron chi connectivity index (χ4n) is 5.08. The summed E-state index contributed by atoms with van der Waals surface area (Å²) in [6.07, 6.45) is 7.84. The van der Waals surface area contributed by atoms with Crippen LogP contribution in [0.2, 0.25) is 0 Å². The lowest BCUT2D eigenvalue weighted by Crippen LogP contribution is -2.67. The van der Waals surface area contributed by atoms with Crippen LogP contribution in [0.5, 0.6) is 5.75 Å². The topological polar surface area (TPSA) is 99.8 Å². The fourth-order valence-corrected chi connectivity index (χ4v) is 5.08. The highest BCUT2D eigenvalue weighted by Crippen LogP contribution is 2.30. The van der Waals surface area contributed by atoms with Gasteiger partial charge in [0.05, 0.1) is 7.11 Å². The number of benzene rings is 1. The number of rotatable bonds is 5. The summed E-state index contributed by atoms with van der Waals surface area (Å²) in [5.41, 5.74) is 0.659. The van der Waals surface area contributed by atoms with Crippen LogP contribution >= 0.6 is 0 Å². The first-order valence-electron chi connectivity index (χ1n) is 11.4. The molecule has 4 rings (SSSR count). The minimum absolute atomic E-state index is 0.0382. The zero-order valence-electron chi connectivity index (χ0n) is 18.1. The van der Waals surface area contributed by atoms with Gasteiger partial charge in [0.15, 0.2) is 0 Å². The molecule has 0 radical (unpaired) electrons. The van der Waals surface area contributed by atoms with Crippen molar-refractivity contribution < 1.29 is 19.1 Å². The molecule has 1 aliphatic carbocycles. The zero-order chi connectivity index (χ0) is 21.8. The van der Waals surface area contributed by atoms with Crippen molar-refractivity contribution in [3.8, 4) is 5.75 Å². The number of anilines is 1. The van der Waals surface area contributed by atoms with Crippen molar-refractivity contribution in [3.05, 3.63) is 24.3 Å². The predicted molar refractivity (Wildman–Crippen MR) is 117 cm³/mol. The number of carbonyl (C=O) groups is 3. The summed E-state index contributed by atoms with van der Waals surface area (Å²) in [4.78, 5) is 39.9. The van der Waals surface area contributed by atoms with E-state index in [0.717, 1.165) is 19.3 Å². The molecular weight excluding hydrogens is 396 g/mol. The average Bonchev–Trinajstić information content (AvgIpc) is 2.78. The summed E-state index contributed by atoms with van der Waals surface area (Å²) in [6.45, 7) is 0.492. The molecule has 168 valence electrons. The van der Waals surface area contributed by atoms with Crippen LogP contribution in [0.3, 0.4) is 0 Å². The third-order valence-corrected chi connectivity index (χ3v) is 6.78. The second-order valence-electron chi connectivity index (χ2n) is 8.90. The van der Waals surface area contributed by atoms with Crippen LogP contribution in [-0.4, -0.2) is 54.5 Å². The highest BCUT2D eigenvalue weighted by molar-refractivity contribution is 5.97. The predicted octanol–water partition coefficient (Wildman–Crippen LogP) is 2.65. The van der Waals surface area contributed by atoms with E-state index < -0.39 is 12.1 Å². The number of nitrogens with one attached hydrogen (secondary N) is 3. The molecule has 3 N–H and O–H groups in total. The molecule has 2 heterocycles. The van der Waals surface area contributed by atoms with Gasteiger partial charge in [-0.3, -0.25) is 9.59 Å². The van der Waals surface area contributed by atoms with Crippen LogP contribution in [0.25, 0.3) is 0 Å². The molecule has 3 aliphatic rings. The molecule has 3 atom stereocenters. The SMILES string of the molecule is COc1ccc(NC(=O)N[C@H]2CCN3C(=O)[C@H](CC4CCCCC4)NC(=O)[C@@H]3C2)cc1. The second kappa shape index (κ2) is 9.58. The number of hydrogen-bond donors (Lipinski definition) is 3. The molecule has 31 heavy (non-hydrogen) atoms. The van der Waals surface area contributed by atoms with E-state index in [0.29, 0.717) is 36.7 Å². The molecule has 0 bridgehead atoms. The molecule has 1 aromatic rings. The Labute approximate surface area is 183 Å². The molecule has 1 saturated carbocycles. The summed E-state index contributed by atoms with van der Waals surface area (Å²) < 4.78 is 5.12. The van der Waals surface area contributed by atoms with Gasteiger partial charge in [-0.05, 0) is 49.4 Å². The summed E-state index contributed by atoms with van der Waals surface area (Å²) >= 11 is 0. The standard InChI is InChI=1S/C23H32N4O4/c1-31-18-9-7-16(8-10-18)24-23(30)25-17-11-12-27-20(14-17)21(28)26-19(22(27)29)13-15-5-3-2-4-6-15/h7-10,15,17,19-20H,2-6,11-14H2,1H3,(H,26,28)(H2,24,25,30)/t17-,19-,20-/m0/s1. The van der Waals surface area contributed by atoms with Gasteiger partial charge in [-0.25, -0.2) is 4.79 Å². The van der Waals surface area contributed by atoms with E-state index in [4.69, 9.17) is 4.74 Å². The van der Waals surface area contributed by atoms with Gasteiger partial charge in [-0.2, -0.15) is 0 Å². The first kappa shape index (κ1) is 21.5.